The lowest BCUT2D eigenvalue weighted by molar-refractivity contribution is 0.383. The summed E-state index contributed by atoms with van der Waals surface area (Å²) in [5.41, 5.74) is 6.25. The van der Waals surface area contributed by atoms with Crippen LogP contribution in [0.4, 0.5) is 0 Å². The van der Waals surface area contributed by atoms with Gasteiger partial charge in [0.25, 0.3) is 0 Å². The van der Waals surface area contributed by atoms with E-state index in [-0.39, 0.29) is 10.8 Å². The van der Waals surface area contributed by atoms with E-state index in [9.17, 15) is 0 Å². The maximum absolute atomic E-state index is 7.90. The molecule has 0 aromatic heterocycles. The van der Waals surface area contributed by atoms with E-state index in [1.165, 1.54) is 22.3 Å². The van der Waals surface area contributed by atoms with Crippen LogP contribution in [-0.2, 0) is 14.9 Å². The molecule has 0 radical (unpaired) electrons. The molecule has 2 unspecified atom stereocenters. The lowest BCUT2D eigenvalue weighted by Gasteiger charge is -2.53. The van der Waals surface area contributed by atoms with Crippen molar-refractivity contribution in [1.82, 2.24) is 0 Å². The molecule has 37 heavy (non-hydrogen) atoms. The lowest BCUT2D eigenvalue weighted by atomic mass is 9.81. The average molecular weight is 535 g/mol. The minimum absolute atomic E-state index is 0.0405. The van der Waals surface area contributed by atoms with Crippen molar-refractivity contribution in [1.29, 1.82) is 0 Å². The fourth-order valence-corrected chi connectivity index (χ4v) is 19.9. The zero-order valence-corrected chi connectivity index (χ0v) is 27.6. The first-order valence-corrected chi connectivity index (χ1v) is 19.3. The summed E-state index contributed by atoms with van der Waals surface area (Å²) in [7, 11) is -4.19. The number of hydrogen-bond donors (Lipinski definition) is 0. The van der Waals surface area contributed by atoms with Crippen LogP contribution in [0.5, 0.6) is 0 Å². The van der Waals surface area contributed by atoms with E-state index in [4.69, 9.17) is 4.12 Å². The highest BCUT2D eigenvalue weighted by Gasteiger charge is 2.54. The Hall–Kier alpha value is -1.69. The quantitative estimate of drug-likeness (QED) is 0.219. The van der Waals surface area contributed by atoms with E-state index in [2.05, 4.69) is 131 Å². The molecule has 2 aromatic rings. The van der Waals surface area contributed by atoms with Crippen molar-refractivity contribution < 1.29 is 4.12 Å². The Bertz CT molecular complexity index is 925. The van der Waals surface area contributed by atoms with Crippen molar-refractivity contribution in [2.75, 3.05) is 0 Å². The fraction of sp³-hybridized carbons (Fsp3) is 0.529. The van der Waals surface area contributed by atoms with Crippen LogP contribution in [0.1, 0.15) is 91.5 Å². The minimum Gasteiger partial charge on any atom is -0.454 e. The highest BCUT2D eigenvalue weighted by Crippen LogP contribution is 2.52. The van der Waals surface area contributed by atoms with Crippen LogP contribution in [0.3, 0.4) is 0 Å². The van der Waals surface area contributed by atoms with E-state index in [0.717, 1.165) is 24.2 Å². The molecule has 0 saturated carbocycles. The molecule has 0 aliphatic rings. The Labute approximate surface area is 231 Å². The zero-order chi connectivity index (χ0) is 28.1. The van der Waals surface area contributed by atoms with Gasteiger partial charge in [-0.05, 0) is 68.3 Å². The van der Waals surface area contributed by atoms with Gasteiger partial charge in [0.2, 0.25) is 0 Å². The van der Waals surface area contributed by atoms with E-state index < -0.39 is 16.6 Å². The minimum atomic E-state index is -2.09. The Morgan fingerprint density at radius 2 is 0.892 bits per heavy atom. The standard InChI is InChI=1S/C34H54OSi2/c1-13-29-19-23-31(24-20-29)33(9,10)27(7)36(15-3,16-4)35-37(17-5,18-6)28(8)34(11,12)32-25-21-30(14-2)22-26-32/h13-14,19-28H,1-2,15-18H2,3-12H3. The third-order valence-electron chi connectivity index (χ3n) is 10.3. The maximum atomic E-state index is 7.90. The molecule has 0 aliphatic heterocycles. The normalized spacial score (nSPS) is 14.8. The summed E-state index contributed by atoms with van der Waals surface area (Å²) >= 11 is 0. The van der Waals surface area contributed by atoms with E-state index >= 15 is 0 Å². The third-order valence-corrected chi connectivity index (χ3v) is 23.0. The van der Waals surface area contributed by atoms with Gasteiger partial charge >= 0.3 is 0 Å². The monoisotopic (exact) mass is 534 g/mol. The van der Waals surface area contributed by atoms with Crippen molar-refractivity contribution in [2.24, 2.45) is 0 Å². The molecule has 2 atom stereocenters. The van der Waals surface area contributed by atoms with Gasteiger partial charge in [-0.25, -0.2) is 0 Å². The molecule has 2 rings (SSSR count). The number of rotatable bonds is 14. The van der Waals surface area contributed by atoms with Crippen molar-refractivity contribution in [3.05, 3.63) is 83.9 Å². The largest absolute Gasteiger partial charge is 0.454 e. The fourth-order valence-electron chi connectivity index (χ4n) is 6.51. The highest BCUT2D eigenvalue weighted by molar-refractivity contribution is 6.88. The van der Waals surface area contributed by atoms with Gasteiger partial charge in [0, 0.05) is 0 Å². The molecule has 0 aliphatic carbocycles. The van der Waals surface area contributed by atoms with Crippen molar-refractivity contribution in [3.63, 3.8) is 0 Å². The van der Waals surface area contributed by atoms with Gasteiger partial charge in [-0.1, -0.05) is 143 Å². The van der Waals surface area contributed by atoms with Gasteiger partial charge < -0.3 is 4.12 Å². The zero-order valence-electron chi connectivity index (χ0n) is 25.6. The molecule has 2 aromatic carbocycles. The second-order valence-electron chi connectivity index (χ2n) is 12.2. The first-order valence-electron chi connectivity index (χ1n) is 14.5. The van der Waals surface area contributed by atoms with Crippen molar-refractivity contribution >= 4 is 28.8 Å². The number of benzene rings is 2. The predicted molar refractivity (Wildman–Crippen MR) is 172 cm³/mol. The second-order valence-corrected chi connectivity index (χ2v) is 21.8. The van der Waals surface area contributed by atoms with Gasteiger partial charge in [0.1, 0.15) is 0 Å². The Balaban J connectivity index is 2.53. The van der Waals surface area contributed by atoms with Crippen LogP contribution >= 0.6 is 0 Å². The summed E-state index contributed by atoms with van der Waals surface area (Å²) in [6.45, 7) is 32.2. The van der Waals surface area contributed by atoms with Crippen LogP contribution in [0.2, 0.25) is 35.3 Å². The molecule has 0 fully saturated rings. The van der Waals surface area contributed by atoms with Crippen LogP contribution in [0.25, 0.3) is 12.2 Å². The van der Waals surface area contributed by atoms with Crippen LogP contribution < -0.4 is 0 Å². The van der Waals surface area contributed by atoms with E-state index in [0.29, 0.717) is 11.1 Å². The average Bonchev–Trinajstić information content (AvgIpc) is 2.93. The molecule has 3 heteroatoms. The Kier molecular flexibility index (Phi) is 10.6. The molecule has 0 saturated heterocycles. The van der Waals surface area contributed by atoms with Gasteiger partial charge in [-0.15, -0.1) is 0 Å². The topological polar surface area (TPSA) is 9.23 Å². The molecular weight excluding hydrogens is 481 g/mol. The molecular formula is C34H54OSi2. The molecule has 1 nitrogen and oxygen atoms in total. The van der Waals surface area contributed by atoms with E-state index in [1.54, 1.807) is 0 Å². The molecule has 0 N–H and O–H groups in total. The lowest BCUT2D eigenvalue weighted by Crippen LogP contribution is -2.59. The highest BCUT2D eigenvalue weighted by atomic mass is 28.4. The summed E-state index contributed by atoms with van der Waals surface area (Å²) in [6, 6.07) is 22.7. The SMILES string of the molecule is C=Cc1ccc(C(C)(C)C(C)[Si](CC)(CC)O[Si](CC)(CC)C(C)C(C)(C)c2ccc(C=C)cc2)cc1. The van der Waals surface area contributed by atoms with E-state index in [1.807, 2.05) is 12.2 Å². The molecule has 0 heterocycles. The maximum Gasteiger partial charge on any atom is 0.182 e. The second kappa shape index (κ2) is 12.4. The summed E-state index contributed by atoms with van der Waals surface area (Å²) in [5, 5.41) is 0. The van der Waals surface area contributed by atoms with Gasteiger partial charge in [0.05, 0.1) is 0 Å². The van der Waals surface area contributed by atoms with Crippen LogP contribution in [0.15, 0.2) is 61.7 Å². The molecule has 0 bridgehead atoms. The molecule has 204 valence electrons. The third kappa shape index (κ3) is 6.15. The van der Waals surface area contributed by atoms with Gasteiger partial charge in [0.15, 0.2) is 16.6 Å². The predicted octanol–water partition coefficient (Wildman–Crippen LogP) is 11.0. The van der Waals surface area contributed by atoms with Gasteiger partial charge in [-0.2, -0.15) is 0 Å². The summed E-state index contributed by atoms with van der Waals surface area (Å²) < 4.78 is 7.90. The van der Waals surface area contributed by atoms with Crippen molar-refractivity contribution in [2.45, 2.75) is 115 Å². The summed E-state index contributed by atoms with van der Waals surface area (Å²) in [5.74, 6) is 0. The Morgan fingerprint density at radius 3 is 1.11 bits per heavy atom. The number of hydrogen-bond acceptors (Lipinski definition) is 1. The van der Waals surface area contributed by atoms with Crippen molar-refractivity contribution in [3.8, 4) is 0 Å². The summed E-state index contributed by atoms with van der Waals surface area (Å²) in [6.07, 6.45) is 3.86. The first kappa shape index (κ1) is 31.5. The Morgan fingerprint density at radius 1 is 0.622 bits per heavy atom. The molecule has 0 spiro atoms. The van der Waals surface area contributed by atoms with Crippen LogP contribution in [0, 0.1) is 0 Å². The summed E-state index contributed by atoms with van der Waals surface area (Å²) in [4.78, 5) is 0. The van der Waals surface area contributed by atoms with Gasteiger partial charge in [-0.3, -0.25) is 0 Å². The molecule has 0 amide bonds. The van der Waals surface area contributed by atoms with Crippen LogP contribution in [-0.4, -0.2) is 16.6 Å². The smallest absolute Gasteiger partial charge is 0.182 e. The first-order chi connectivity index (χ1) is 17.3.